The molecule has 0 bridgehead atoms. The van der Waals surface area contributed by atoms with E-state index in [0.717, 1.165) is 0 Å². The van der Waals surface area contributed by atoms with Crippen LogP contribution in [0.4, 0.5) is 11.8 Å². The van der Waals surface area contributed by atoms with E-state index in [1.54, 1.807) is 19.4 Å². The Hall–Kier alpha value is -1.40. The Morgan fingerprint density at radius 1 is 1.71 bits per heavy atom. The molecule has 0 spiro atoms. The number of anilines is 2. The zero-order valence-electron chi connectivity index (χ0n) is 7.97. The molecule has 6 heteroatoms. The van der Waals surface area contributed by atoms with Crippen molar-refractivity contribution < 1.29 is 9.84 Å². The van der Waals surface area contributed by atoms with Gasteiger partial charge in [0.1, 0.15) is 5.82 Å². The van der Waals surface area contributed by atoms with Crippen LogP contribution in [0.2, 0.25) is 0 Å². The lowest BCUT2D eigenvalue weighted by molar-refractivity contribution is 0.153. The van der Waals surface area contributed by atoms with E-state index in [1.807, 2.05) is 0 Å². The second-order valence-corrected chi connectivity index (χ2v) is 2.78. The number of aliphatic hydroxyl groups excluding tert-OH is 1. The highest BCUT2D eigenvalue weighted by molar-refractivity contribution is 5.38. The number of hydrogen-bond donors (Lipinski definition) is 3. The predicted octanol–water partition coefficient (Wildman–Crippen LogP) is -0.522. The summed E-state index contributed by atoms with van der Waals surface area (Å²) < 4.78 is 4.90. The summed E-state index contributed by atoms with van der Waals surface area (Å²) in [6, 6.07) is 1.49. The Kier molecular flexibility index (Phi) is 4.09. The summed E-state index contributed by atoms with van der Waals surface area (Å²) in [5, 5.41) is 11.9. The lowest BCUT2D eigenvalue weighted by Crippen LogP contribution is -2.29. The van der Waals surface area contributed by atoms with Crippen molar-refractivity contribution in [2.45, 2.75) is 6.04 Å². The van der Waals surface area contributed by atoms with Crippen LogP contribution in [-0.2, 0) is 4.74 Å². The summed E-state index contributed by atoms with van der Waals surface area (Å²) in [6.07, 6.45) is 1.55. The van der Waals surface area contributed by atoms with Crippen molar-refractivity contribution in [3.8, 4) is 0 Å². The normalized spacial score (nSPS) is 12.4. The highest BCUT2D eigenvalue weighted by atomic mass is 16.5. The van der Waals surface area contributed by atoms with Gasteiger partial charge in [-0.3, -0.25) is 0 Å². The smallest absolute Gasteiger partial charge is 0.221 e. The van der Waals surface area contributed by atoms with Gasteiger partial charge in [-0.2, -0.15) is 4.98 Å². The monoisotopic (exact) mass is 198 g/mol. The van der Waals surface area contributed by atoms with Gasteiger partial charge in [-0.05, 0) is 6.07 Å². The van der Waals surface area contributed by atoms with Gasteiger partial charge in [-0.1, -0.05) is 0 Å². The largest absolute Gasteiger partial charge is 0.394 e. The van der Waals surface area contributed by atoms with Crippen LogP contribution in [0.25, 0.3) is 0 Å². The van der Waals surface area contributed by atoms with Crippen LogP contribution in [0.15, 0.2) is 12.3 Å². The number of methoxy groups -OCH3 is 1. The molecule has 1 heterocycles. The molecule has 0 saturated heterocycles. The molecule has 0 aliphatic rings. The molecule has 0 radical (unpaired) electrons. The average Bonchev–Trinajstić information content (AvgIpc) is 2.17. The zero-order valence-corrected chi connectivity index (χ0v) is 7.97. The fourth-order valence-electron chi connectivity index (χ4n) is 1.00. The molecule has 0 aromatic carbocycles. The summed E-state index contributed by atoms with van der Waals surface area (Å²) >= 11 is 0. The van der Waals surface area contributed by atoms with E-state index >= 15 is 0 Å². The van der Waals surface area contributed by atoms with Crippen LogP contribution in [0.1, 0.15) is 0 Å². The predicted molar refractivity (Wildman–Crippen MR) is 52.8 cm³/mol. The van der Waals surface area contributed by atoms with Gasteiger partial charge in [0, 0.05) is 13.3 Å². The third kappa shape index (κ3) is 3.15. The second-order valence-electron chi connectivity index (χ2n) is 2.78. The molecule has 0 fully saturated rings. The number of nitrogens with two attached hydrogens (primary N) is 1. The minimum absolute atomic E-state index is 0.0300. The van der Waals surface area contributed by atoms with Gasteiger partial charge in [-0.15, -0.1) is 0 Å². The molecule has 1 aromatic rings. The van der Waals surface area contributed by atoms with Crippen molar-refractivity contribution in [2.24, 2.45) is 0 Å². The van der Waals surface area contributed by atoms with Crippen molar-refractivity contribution in [3.63, 3.8) is 0 Å². The number of ether oxygens (including phenoxy) is 1. The van der Waals surface area contributed by atoms with Gasteiger partial charge in [0.25, 0.3) is 0 Å². The molecule has 6 nitrogen and oxygen atoms in total. The first-order valence-electron chi connectivity index (χ1n) is 4.21. The number of nitrogens with one attached hydrogen (secondary N) is 1. The summed E-state index contributed by atoms with van der Waals surface area (Å²) in [6.45, 7) is 0.373. The molecule has 0 aliphatic heterocycles. The van der Waals surface area contributed by atoms with Crippen LogP contribution >= 0.6 is 0 Å². The van der Waals surface area contributed by atoms with Crippen molar-refractivity contribution in [2.75, 3.05) is 31.4 Å². The highest BCUT2D eigenvalue weighted by Crippen LogP contribution is 2.04. The molecule has 4 N–H and O–H groups in total. The third-order valence-electron chi connectivity index (χ3n) is 1.61. The first-order valence-corrected chi connectivity index (χ1v) is 4.21. The first-order chi connectivity index (χ1) is 6.76. The maximum absolute atomic E-state index is 8.97. The van der Waals surface area contributed by atoms with Gasteiger partial charge in [0.2, 0.25) is 5.95 Å². The van der Waals surface area contributed by atoms with E-state index in [4.69, 9.17) is 15.6 Å². The lowest BCUT2D eigenvalue weighted by Gasteiger charge is -2.15. The summed E-state index contributed by atoms with van der Waals surface area (Å²) in [5.74, 6) is 0.776. The minimum Gasteiger partial charge on any atom is -0.394 e. The maximum Gasteiger partial charge on any atom is 0.221 e. The van der Waals surface area contributed by atoms with Crippen LogP contribution in [-0.4, -0.2) is 41.4 Å². The summed E-state index contributed by atoms with van der Waals surface area (Å²) in [4.78, 5) is 7.68. The Morgan fingerprint density at radius 3 is 3.07 bits per heavy atom. The SMILES string of the molecule is COCC(CO)Nc1ccnc(N)n1. The van der Waals surface area contributed by atoms with E-state index in [2.05, 4.69) is 15.3 Å². The summed E-state index contributed by atoms with van der Waals surface area (Å²) in [7, 11) is 1.57. The zero-order chi connectivity index (χ0) is 10.4. The maximum atomic E-state index is 8.97. The van der Waals surface area contributed by atoms with E-state index < -0.39 is 0 Å². The van der Waals surface area contributed by atoms with Crippen molar-refractivity contribution in [1.29, 1.82) is 0 Å². The molecular weight excluding hydrogens is 184 g/mol. The van der Waals surface area contributed by atoms with Crippen LogP contribution in [0, 0.1) is 0 Å². The molecule has 1 rings (SSSR count). The Balaban J connectivity index is 2.57. The molecule has 78 valence electrons. The van der Waals surface area contributed by atoms with Crippen LogP contribution < -0.4 is 11.1 Å². The highest BCUT2D eigenvalue weighted by Gasteiger charge is 2.07. The molecule has 0 amide bonds. The average molecular weight is 198 g/mol. The molecule has 1 aromatic heterocycles. The second kappa shape index (κ2) is 5.36. The molecule has 0 aliphatic carbocycles. The molecule has 1 atom stereocenters. The van der Waals surface area contributed by atoms with Gasteiger partial charge >= 0.3 is 0 Å². The van der Waals surface area contributed by atoms with Crippen molar-refractivity contribution in [1.82, 2.24) is 9.97 Å². The minimum atomic E-state index is -0.186. The molecule has 14 heavy (non-hydrogen) atoms. The number of hydrogen-bond acceptors (Lipinski definition) is 6. The Labute approximate surface area is 82.1 Å². The number of aliphatic hydroxyl groups is 1. The van der Waals surface area contributed by atoms with Crippen LogP contribution in [0.3, 0.4) is 0 Å². The number of nitrogens with zero attached hydrogens (tertiary/aromatic N) is 2. The van der Waals surface area contributed by atoms with Gasteiger partial charge in [-0.25, -0.2) is 4.98 Å². The summed E-state index contributed by atoms with van der Waals surface area (Å²) in [5.41, 5.74) is 5.39. The van der Waals surface area contributed by atoms with Crippen LogP contribution in [0.5, 0.6) is 0 Å². The van der Waals surface area contributed by atoms with E-state index in [0.29, 0.717) is 12.4 Å². The molecular formula is C8H14N4O2. The number of nitrogen functional groups attached to an aromatic ring is 1. The third-order valence-corrected chi connectivity index (χ3v) is 1.61. The van der Waals surface area contributed by atoms with Crippen molar-refractivity contribution >= 4 is 11.8 Å². The number of aromatic nitrogens is 2. The van der Waals surface area contributed by atoms with E-state index in [-0.39, 0.29) is 18.6 Å². The molecule has 1 unspecified atom stereocenters. The van der Waals surface area contributed by atoms with Gasteiger partial charge < -0.3 is 20.9 Å². The topological polar surface area (TPSA) is 93.3 Å². The lowest BCUT2D eigenvalue weighted by atomic mass is 10.3. The quantitative estimate of drug-likeness (QED) is 0.589. The number of rotatable bonds is 5. The van der Waals surface area contributed by atoms with E-state index in [9.17, 15) is 0 Å². The fourth-order valence-corrected chi connectivity index (χ4v) is 1.00. The molecule has 0 saturated carbocycles. The van der Waals surface area contributed by atoms with Crippen molar-refractivity contribution in [3.05, 3.63) is 12.3 Å². The standard InChI is InChI=1S/C8H14N4O2/c1-14-5-6(4-13)11-7-2-3-10-8(9)12-7/h2-3,6,13H,4-5H2,1H3,(H3,9,10,11,12). The fraction of sp³-hybridized carbons (Fsp3) is 0.500. The Bertz CT molecular complexity index is 282. The van der Waals surface area contributed by atoms with Gasteiger partial charge in [0.15, 0.2) is 0 Å². The van der Waals surface area contributed by atoms with Gasteiger partial charge in [0.05, 0.1) is 19.3 Å². The Morgan fingerprint density at radius 2 is 2.50 bits per heavy atom. The first kappa shape index (κ1) is 10.7. The van der Waals surface area contributed by atoms with E-state index in [1.165, 1.54) is 0 Å².